The molecule has 0 aliphatic carbocycles. The van der Waals surface area contributed by atoms with Crippen molar-refractivity contribution in [3.63, 3.8) is 0 Å². The van der Waals surface area contributed by atoms with Crippen LogP contribution >= 0.6 is 0 Å². The van der Waals surface area contributed by atoms with E-state index in [0.717, 1.165) is 10.2 Å². The zero-order valence-corrected chi connectivity index (χ0v) is 19.8. The standard InChI is InChI=1S/C25H24N4O5S/c1-28(17-18-7-3-2-4-8-18)35(33,34)20-13-11-19(12-14-20)26-23(30)15-16-29-25(32)22-10-6-5-9-21(22)24(31)27-29/h2-14H,15-17H2,1H3,(H,26,30)(H,27,31). The van der Waals surface area contributed by atoms with Gasteiger partial charge in [0.05, 0.1) is 22.2 Å². The molecule has 1 aromatic heterocycles. The Morgan fingerprint density at radius 3 is 2.23 bits per heavy atom. The number of sulfonamides is 1. The van der Waals surface area contributed by atoms with Crippen molar-refractivity contribution < 1.29 is 13.2 Å². The van der Waals surface area contributed by atoms with Gasteiger partial charge in [0.2, 0.25) is 15.9 Å². The summed E-state index contributed by atoms with van der Waals surface area (Å²) in [6.07, 6.45) is -0.0615. The van der Waals surface area contributed by atoms with Crippen LogP contribution in [0.2, 0.25) is 0 Å². The van der Waals surface area contributed by atoms with Crippen molar-refractivity contribution in [1.29, 1.82) is 0 Å². The number of aryl methyl sites for hydroxylation is 1. The van der Waals surface area contributed by atoms with Crippen LogP contribution in [0.25, 0.3) is 10.8 Å². The van der Waals surface area contributed by atoms with E-state index in [4.69, 9.17) is 0 Å². The van der Waals surface area contributed by atoms with Gasteiger partial charge in [0.15, 0.2) is 0 Å². The Balaban J connectivity index is 1.39. The van der Waals surface area contributed by atoms with E-state index >= 15 is 0 Å². The fraction of sp³-hybridized carbons (Fsp3) is 0.160. The maximum atomic E-state index is 12.9. The minimum Gasteiger partial charge on any atom is -0.326 e. The molecule has 3 aromatic carbocycles. The molecule has 0 aliphatic rings. The number of benzene rings is 3. The van der Waals surface area contributed by atoms with Gasteiger partial charge in [-0.1, -0.05) is 42.5 Å². The highest BCUT2D eigenvalue weighted by Crippen LogP contribution is 2.19. The molecule has 1 heterocycles. The molecule has 10 heteroatoms. The summed E-state index contributed by atoms with van der Waals surface area (Å²) in [6.45, 7) is 0.222. The number of nitrogens with zero attached hydrogens (tertiary/aromatic N) is 2. The van der Waals surface area contributed by atoms with Crippen LogP contribution < -0.4 is 16.4 Å². The van der Waals surface area contributed by atoms with E-state index in [1.807, 2.05) is 30.3 Å². The molecule has 4 rings (SSSR count). The fourth-order valence-corrected chi connectivity index (χ4v) is 4.82. The van der Waals surface area contributed by atoms with Gasteiger partial charge in [0.1, 0.15) is 0 Å². The highest BCUT2D eigenvalue weighted by atomic mass is 32.2. The maximum absolute atomic E-state index is 12.9. The first kappa shape index (κ1) is 24.1. The lowest BCUT2D eigenvalue weighted by molar-refractivity contribution is -0.116. The molecule has 9 nitrogen and oxygen atoms in total. The Morgan fingerprint density at radius 1 is 0.914 bits per heavy atom. The number of fused-ring (bicyclic) bond motifs is 1. The van der Waals surface area contributed by atoms with Crippen molar-refractivity contribution in [2.45, 2.75) is 24.4 Å². The van der Waals surface area contributed by atoms with E-state index in [-0.39, 0.29) is 41.3 Å². The first-order chi connectivity index (χ1) is 16.8. The Morgan fingerprint density at radius 2 is 1.54 bits per heavy atom. The number of aromatic nitrogens is 2. The number of nitrogens with one attached hydrogen (secondary N) is 2. The monoisotopic (exact) mass is 492 g/mol. The average Bonchev–Trinajstić information content (AvgIpc) is 2.86. The van der Waals surface area contributed by atoms with E-state index in [9.17, 15) is 22.8 Å². The van der Waals surface area contributed by atoms with E-state index in [2.05, 4.69) is 10.4 Å². The second-order valence-electron chi connectivity index (χ2n) is 8.01. The van der Waals surface area contributed by atoms with Gasteiger partial charge < -0.3 is 5.32 Å². The van der Waals surface area contributed by atoms with E-state index in [1.54, 1.807) is 24.3 Å². The molecular formula is C25H24N4O5S. The third-order valence-corrected chi connectivity index (χ3v) is 7.36. The fourth-order valence-electron chi connectivity index (χ4n) is 3.66. The molecule has 35 heavy (non-hydrogen) atoms. The molecule has 180 valence electrons. The largest absolute Gasteiger partial charge is 0.326 e. The first-order valence-electron chi connectivity index (χ1n) is 10.9. The van der Waals surface area contributed by atoms with Gasteiger partial charge >= 0.3 is 0 Å². The van der Waals surface area contributed by atoms with Gasteiger partial charge in [-0.15, -0.1) is 0 Å². The Bertz CT molecular complexity index is 1580. The number of carbonyl (C=O) groups is 1. The lowest BCUT2D eigenvalue weighted by Crippen LogP contribution is -2.31. The van der Waals surface area contributed by atoms with Crippen molar-refractivity contribution in [2.75, 3.05) is 12.4 Å². The summed E-state index contributed by atoms with van der Waals surface area (Å²) in [7, 11) is -2.20. The number of carbonyl (C=O) groups excluding carboxylic acids is 1. The summed E-state index contributed by atoms with van der Waals surface area (Å²) in [6, 6.07) is 21.6. The van der Waals surface area contributed by atoms with E-state index in [0.29, 0.717) is 11.1 Å². The van der Waals surface area contributed by atoms with Crippen LogP contribution in [0.1, 0.15) is 12.0 Å². The first-order valence-corrected chi connectivity index (χ1v) is 12.3. The summed E-state index contributed by atoms with van der Waals surface area (Å²) in [5.41, 5.74) is 0.491. The van der Waals surface area contributed by atoms with Crippen molar-refractivity contribution in [3.8, 4) is 0 Å². The summed E-state index contributed by atoms with van der Waals surface area (Å²) < 4.78 is 28.1. The third kappa shape index (κ3) is 5.39. The van der Waals surface area contributed by atoms with Crippen LogP contribution in [-0.4, -0.2) is 35.5 Å². The van der Waals surface area contributed by atoms with Gasteiger partial charge in [-0.25, -0.2) is 13.1 Å². The van der Waals surface area contributed by atoms with Gasteiger partial charge in [-0.2, -0.15) is 4.31 Å². The minimum atomic E-state index is -3.71. The molecule has 2 N–H and O–H groups in total. The van der Waals surface area contributed by atoms with E-state index in [1.165, 1.54) is 35.6 Å². The van der Waals surface area contributed by atoms with Crippen molar-refractivity contribution in [3.05, 3.63) is 105 Å². The minimum absolute atomic E-state index is 0.0124. The zero-order chi connectivity index (χ0) is 25.0. The molecule has 0 saturated carbocycles. The molecular weight excluding hydrogens is 468 g/mol. The molecule has 0 radical (unpaired) electrons. The van der Waals surface area contributed by atoms with E-state index < -0.39 is 15.6 Å². The highest BCUT2D eigenvalue weighted by molar-refractivity contribution is 7.89. The van der Waals surface area contributed by atoms with Gasteiger partial charge in [0, 0.05) is 25.7 Å². The quantitative estimate of drug-likeness (QED) is 0.392. The highest BCUT2D eigenvalue weighted by Gasteiger charge is 2.21. The number of hydrogen-bond acceptors (Lipinski definition) is 5. The molecule has 4 aromatic rings. The van der Waals surface area contributed by atoms with Crippen molar-refractivity contribution in [1.82, 2.24) is 14.1 Å². The molecule has 0 aliphatic heterocycles. The van der Waals surface area contributed by atoms with Crippen molar-refractivity contribution >= 4 is 32.4 Å². The summed E-state index contributed by atoms with van der Waals surface area (Å²) >= 11 is 0. The number of aromatic amines is 1. The maximum Gasteiger partial charge on any atom is 0.273 e. The number of H-pyrrole nitrogens is 1. The Hall–Kier alpha value is -4.02. The molecule has 0 saturated heterocycles. The smallest absolute Gasteiger partial charge is 0.273 e. The average molecular weight is 493 g/mol. The van der Waals surface area contributed by atoms with Crippen LogP contribution in [-0.2, 0) is 27.9 Å². The van der Waals surface area contributed by atoms with Crippen LogP contribution in [0, 0.1) is 0 Å². The van der Waals surface area contributed by atoms with Crippen LogP contribution in [0.3, 0.4) is 0 Å². The van der Waals surface area contributed by atoms with Gasteiger partial charge in [-0.3, -0.25) is 19.5 Å². The third-order valence-electron chi connectivity index (χ3n) is 5.54. The molecule has 0 atom stereocenters. The lowest BCUT2D eigenvalue weighted by atomic mass is 10.2. The second-order valence-corrected chi connectivity index (χ2v) is 10.1. The Labute approximate surface area is 201 Å². The molecule has 0 unspecified atom stereocenters. The number of amides is 1. The second kappa shape index (κ2) is 10.1. The zero-order valence-electron chi connectivity index (χ0n) is 19.0. The number of anilines is 1. The Kier molecular flexibility index (Phi) is 6.94. The summed E-state index contributed by atoms with van der Waals surface area (Å²) in [5.74, 6) is -0.386. The predicted molar refractivity (Wildman–Crippen MR) is 134 cm³/mol. The number of hydrogen-bond donors (Lipinski definition) is 2. The van der Waals surface area contributed by atoms with Crippen LogP contribution in [0.15, 0.2) is 93.3 Å². The molecule has 0 bridgehead atoms. The summed E-state index contributed by atoms with van der Waals surface area (Å²) in [5, 5.41) is 5.74. The van der Waals surface area contributed by atoms with Crippen LogP contribution in [0.4, 0.5) is 5.69 Å². The van der Waals surface area contributed by atoms with Crippen molar-refractivity contribution in [2.24, 2.45) is 0 Å². The molecule has 0 fully saturated rings. The SMILES string of the molecule is CN(Cc1ccccc1)S(=O)(=O)c1ccc(NC(=O)CCn2[nH]c(=O)c3ccccc3c2=O)cc1. The molecule has 0 spiro atoms. The number of rotatable bonds is 8. The van der Waals surface area contributed by atoms with Gasteiger partial charge in [0.25, 0.3) is 11.1 Å². The normalized spacial score (nSPS) is 11.6. The van der Waals surface area contributed by atoms with Crippen LogP contribution in [0.5, 0.6) is 0 Å². The molecule has 1 amide bonds. The topological polar surface area (TPSA) is 121 Å². The van der Waals surface area contributed by atoms with Gasteiger partial charge in [-0.05, 0) is 42.0 Å². The lowest BCUT2D eigenvalue weighted by Gasteiger charge is -2.17. The summed E-state index contributed by atoms with van der Waals surface area (Å²) in [4.78, 5) is 37.2. The predicted octanol–water partition coefficient (Wildman–Crippen LogP) is 2.54.